The van der Waals surface area contributed by atoms with E-state index >= 15 is 0 Å². The lowest BCUT2D eigenvalue weighted by molar-refractivity contribution is 0.0994. The Morgan fingerprint density at radius 2 is 2.05 bits per heavy atom. The zero-order valence-electron chi connectivity index (χ0n) is 11.7. The molecule has 2 aliphatic rings. The molecule has 6 nitrogen and oxygen atoms in total. The summed E-state index contributed by atoms with van der Waals surface area (Å²) < 4.78 is 0. The van der Waals surface area contributed by atoms with E-state index in [1.807, 2.05) is 6.07 Å². The molecule has 3 heterocycles. The van der Waals surface area contributed by atoms with Gasteiger partial charge in [0.05, 0.1) is 0 Å². The molecule has 1 aromatic rings. The third-order valence-corrected chi connectivity index (χ3v) is 4.43. The summed E-state index contributed by atoms with van der Waals surface area (Å²) >= 11 is 0. The first kappa shape index (κ1) is 13.3. The highest BCUT2D eigenvalue weighted by atomic mass is 16.1. The number of anilines is 1. The quantitative estimate of drug-likeness (QED) is 0.844. The minimum absolute atomic E-state index is 0.218. The average Bonchev–Trinajstić information content (AvgIpc) is 2.79. The molecule has 20 heavy (non-hydrogen) atoms. The molecule has 108 valence electrons. The maximum atomic E-state index is 11.0. The van der Waals surface area contributed by atoms with Crippen LogP contribution in [0.15, 0.2) is 12.1 Å². The lowest BCUT2D eigenvalue weighted by atomic mass is 9.98. The van der Waals surface area contributed by atoms with Crippen LogP contribution in [0.3, 0.4) is 0 Å². The van der Waals surface area contributed by atoms with Crippen LogP contribution in [0.4, 0.5) is 5.82 Å². The molecule has 2 fully saturated rings. The highest BCUT2D eigenvalue weighted by molar-refractivity contribution is 5.90. The van der Waals surface area contributed by atoms with Crippen molar-refractivity contribution in [3.8, 4) is 0 Å². The number of hydrogen-bond acceptors (Lipinski definition) is 5. The molecule has 0 saturated carbocycles. The van der Waals surface area contributed by atoms with Gasteiger partial charge in [0, 0.05) is 24.7 Å². The summed E-state index contributed by atoms with van der Waals surface area (Å²) in [4.78, 5) is 13.3. The molecular formula is C14H21N5O. The molecule has 0 spiro atoms. The van der Waals surface area contributed by atoms with Crippen LogP contribution in [-0.2, 0) is 0 Å². The number of rotatable bonds is 4. The van der Waals surface area contributed by atoms with Crippen molar-refractivity contribution in [3.05, 3.63) is 17.8 Å². The number of primary amides is 1. The predicted molar refractivity (Wildman–Crippen MR) is 76.5 cm³/mol. The molecule has 1 amide bonds. The van der Waals surface area contributed by atoms with Crippen LogP contribution in [0.5, 0.6) is 0 Å². The van der Waals surface area contributed by atoms with Gasteiger partial charge in [-0.15, -0.1) is 10.2 Å². The summed E-state index contributed by atoms with van der Waals surface area (Å²) in [7, 11) is 0. The molecule has 1 aromatic heterocycles. The molecule has 2 atom stereocenters. The molecular weight excluding hydrogens is 254 g/mol. The van der Waals surface area contributed by atoms with Crippen LogP contribution in [0.2, 0.25) is 0 Å². The summed E-state index contributed by atoms with van der Waals surface area (Å²) in [6, 6.07) is 5.30. The number of carbonyl (C=O) groups is 1. The Hall–Kier alpha value is -1.69. The van der Waals surface area contributed by atoms with Gasteiger partial charge < -0.3 is 16.0 Å². The van der Waals surface area contributed by atoms with Gasteiger partial charge in [0.25, 0.3) is 5.91 Å². The van der Waals surface area contributed by atoms with Crippen LogP contribution in [-0.4, -0.2) is 40.8 Å². The van der Waals surface area contributed by atoms with Gasteiger partial charge in [-0.05, 0) is 44.7 Å². The van der Waals surface area contributed by atoms with Crippen molar-refractivity contribution in [1.29, 1.82) is 0 Å². The number of nitrogens with two attached hydrogens (primary N) is 1. The molecule has 3 rings (SSSR count). The van der Waals surface area contributed by atoms with Crippen molar-refractivity contribution in [1.82, 2.24) is 15.5 Å². The Morgan fingerprint density at radius 1 is 1.35 bits per heavy atom. The lowest BCUT2D eigenvalue weighted by Crippen LogP contribution is -2.48. The summed E-state index contributed by atoms with van der Waals surface area (Å²) in [6.45, 7) is 3.03. The molecule has 6 heteroatoms. The van der Waals surface area contributed by atoms with Gasteiger partial charge in [-0.3, -0.25) is 4.79 Å². The third kappa shape index (κ3) is 2.47. The largest absolute Gasteiger partial charge is 0.364 e. The second-order valence-electron chi connectivity index (χ2n) is 5.69. The van der Waals surface area contributed by atoms with E-state index in [0.29, 0.717) is 18.1 Å². The van der Waals surface area contributed by atoms with Crippen molar-refractivity contribution >= 4 is 11.7 Å². The number of amides is 1. The minimum Gasteiger partial charge on any atom is -0.364 e. The van der Waals surface area contributed by atoms with Gasteiger partial charge in [0.2, 0.25) is 0 Å². The number of carbonyl (C=O) groups excluding carboxylic acids is 1. The van der Waals surface area contributed by atoms with E-state index in [9.17, 15) is 4.79 Å². The molecule has 3 N–H and O–H groups in total. The SMILES string of the molecule is CCN(c1ccc(C(N)=O)nn1)C1CC2CCC(C1)N2. The fourth-order valence-corrected chi connectivity index (χ4v) is 3.50. The van der Waals surface area contributed by atoms with Gasteiger partial charge in [-0.25, -0.2) is 0 Å². The smallest absolute Gasteiger partial charge is 0.269 e. The van der Waals surface area contributed by atoms with Crippen LogP contribution in [0, 0.1) is 0 Å². The normalized spacial score (nSPS) is 28.4. The average molecular weight is 275 g/mol. The van der Waals surface area contributed by atoms with Crippen molar-refractivity contribution < 1.29 is 4.79 Å². The maximum Gasteiger partial charge on any atom is 0.269 e. The first-order valence-corrected chi connectivity index (χ1v) is 7.33. The maximum absolute atomic E-state index is 11.0. The first-order chi connectivity index (χ1) is 9.67. The second-order valence-corrected chi connectivity index (χ2v) is 5.69. The van der Waals surface area contributed by atoms with Gasteiger partial charge >= 0.3 is 0 Å². The van der Waals surface area contributed by atoms with Crippen molar-refractivity contribution in [2.75, 3.05) is 11.4 Å². The van der Waals surface area contributed by atoms with E-state index < -0.39 is 5.91 Å². The third-order valence-electron chi connectivity index (χ3n) is 4.43. The van der Waals surface area contributed by atoms with Crippen LogP contribution in [0.1, 0.15) is 43.1 Å². The van der Waals surface area contributed by atoms with Crippen molar-refractivity contribution in [2.24, 2.45) is 5.73 Å². The van der Waals surface area contributed by atoms with E-state index in [0.717, 1.165) is 25.2 Å². The number of hydrogen-bond donors (Lipinski definition) is 2. The lowest BCUT2D eigenvalue weighted by Gasteiger charge is -2.37. The fourth-order valence-electron chi connectivity index (χ4n) is 3.50. The highest BCUT2D eigenvalue weighted by Crippen LogP contribution is 2.31. The van der Waals surface area contributed by atoms with Gasteiger partial charge in [0.15, 0.2) is 11.5 Å². The van der Waals surface area contributed by atoms with E-state index in [1.54, 1.807) is 6.07 Å². The Labute approximate surface area is 118 Å². The summed E-state index contributed by atoms with van der Waals surface area (Å²) in [5, 5.41) is 11.7. The molecule has 2 unspecified atom stereocenters. The summed E-state index contributed by atoms with van der Waals surface area (Å²) in [6.07, 6.45) is 4.88. The second kappa shape index (κ2) is 5.36. The van der Waals surface area contributed by atoms with Crippen LogP contribution < -0.4 is 16.0 Å². The molecule has 2 aliphatic heterocycles. The molecule has 2 bridgehead atoms. The standard InChI is InChI=1S/C14H21N5O/c1-2-19(11-7-9-3-4-10(8-11)16-9)13-6-5-12(14(15)20)17-18-13/h5-6,9-11,16H,2-4,7-8H2,1H3,(H2,15,20). The number of aromatic nitrogens is 2. The van der Waals surface area contributed by atoms with Gasteiger partial charge in [-0.1, -0.05) is 0 Å². The van der Waals surface area contributed by atoms with Crippen molar-refractivity contribution in [3.63, 3.8) is 0 Å². The summed E-state index contributed by atoms with van der Waals surface area (Å²) in [5.74, 6) is 0.302. The van der Waals surface area contributed by atoms with E-state index in [4.69, 9.17) is 5.73 Å². The van der Waals surface area contributed by atoms with Crippen LogP contribution in [0.25, 0.3) is 0 Å². The Bertz CT molecular complexity index is 477. The first-order valence-electron chi connectivity index (χ1n) is 7.33. The fraction of sp³-hybridized carbons (Fsp3) is 0.643. The Kier molecular flexibility index (Phi) is 3.56. The monoisotopic (exact) mass is 275 g/mol. The van der Waals surface area contributed by atoms with Gasteiger partial charge in [0.1, 0.15) is 0 Å². The Balaban J connectivity index is 1.77. The molecule has 0 aromatic carbocycles. The molecule has 0 aliphatic carbocycles. The Morgan fingerprint density at radius 3 is 2.55 bits per heavy atom. The number of fused-ring (bicyclic) bond motifs is 2. The van der Waals surface area contributed by atoms with Crippen molar-refractivity contribution in [2.45, 2.75) is 50.7 Å². The molecule has 2 saturated heterocycles. The van der Waals surface area contributed by atoms with Crippen LogP contribution >= 0.6 is 0 Å². The number of nitrogens with zero attached hydrogens (tertiary/aromatic N) is 3. The van der Waals surface area contributed by atoms with E-state index in [2.05, 4.69) is 27.3 Å². The zero-order chi connectivity index (χ0) is 14.1. The summed E-state index contributed by atoms with van der Waals surface area (Å²) in [5.41, 5.74) is 5.41. The topological polar surface area (TPSA) is 84.1 Å². The number of piperidine rings is 1. The van der Waals surface area contributed by atoms with E-state index in [1.165, 1.54) is 12.8 Å². The number of nitrogens with one attached hydrogen (secondary N) is 1. The van der Waals surface area contributed by atoms with E-state index in [-0.39, 0.29) is 5.69 Å². The highest BCUT2D eigenvalue weighted by Gasteiger charge is 2.36. The minimum atomic E-state index is -0.535. The predicted octanol–water partition coefficient (Wildman–Crippen LogP) is 0.685. The van der Waals surface area contributed by atoms with Gasteiger partial charge in [-0.2, -0.15) is 0 Å². The molecule has 0 radical (unpaired) electrons. The zero-order valence-corrected chi connectivity index (χ0v) is 11.7.